The summed E-state index contributed by atoms with van der Waals surface area (Å²) in [5.41, 5.74) is -0.781. The highest BCUT2D eigenvalue weighted by Gasteiger charge is 2.47. The molecule has 1 saturated heterocycles. The van der Waals surface area contributed by atoms with Crippen LogP contribution >= 0.6 is 23.5 Å². The molecule has 0 aromatic heterocycles. The van der Waals surface area contributed by atoms with Crippen molar-refractivity contribution in [3.05, 3.63) is 30.3 Å². The first-order valence-corrected chi connectivity index (χ1v) is 11.2. The Bertz CT molecular complexity index is 607. The molecule has 1 heterocycles. The Morgan fingerprint density at radius 2 is 1.86 bits per heavy atom. The third-order valence-corrected chi connectivity index (χ3v) is 6.28. The second-order valence-electron chi connectivity index (χ2n) is 6.50. The van der Waals surface area contributed by atoms with Crippen LogP contribution in [-0.4, -0.2) is 87.0 Å². The predicted molar refractivity (Wildman–Crippen MR) is 109 cm³/mol. The summed E-state index contributed by atoms with van der Waals surface area (Å²) in [4.78, 5) is 13.3. The fraction of sp³-hybridized carbons (Fsp3) is 0.611. The molecule has 28 heavy (non-hydrogen) atoms. The summed E-state index contributed by atoms with van der Waals surface area (Å²) >= 11 is 2.77. The zero-order valence-electron chi connectivity index (χ0n) is 15.8. The van der Waals surface area contributed by atoms with Gasteiger partial charge in [0.05, 0.1) is 12.1 Å². The lowest BCUT2D eigenvalue weighted by Gasteiger charge is -2.43. The Morgan fingerprint density at radius 3 is 2.46 bits per heavy atom. The van der Waals surface area contributed by atoms with Crippen LogP contribution in [-0.2, 0) is 4.74 Å². The summed E-state index contributed by atoms with van der Waals surface area (Å²) < 4.78 is 5.63. The standard InChI is InChI=1S/C18H28N2O6S2/c1-10(21)12(16-14(23)13(22)15(24)17(26-16)27-2)20-18(25)19-8-9-28-11-6-4-3-5-7-11/h3-7,10,12-17,21-24H,8-9H2,1-2H3,(H2,19,20,25)/t10-,12-,13+,14-,15-,16-,17-/m1/s1. The number of ether oxygens (including phenoxy) is 1. The van der Waals surface area contributed by atoms with Gasteiger partial charge in [-0.25, -0.2) is 4.79 Å². The lowest BCUT2D eigenvalue weighted by molar-refractivity contribution is -0.209. The number of nitrogens with one attached hydrogen (secondary N) is 2. The van der Waals surface area contributed by atoms with Crippen LogP contribution in [0.4, 0.5) is 4.79 Å². The molecule has 1 fully saturated rings. The highest BCUT2D eigenvalue weighted by molar-refractivity contribution is 7.99. The molecule has 1 aliphatic heterocycles. The van der Waals surface area contributed by atoms with Gasteiger partial charge in [-0.05, 0) is 25.3 Å². The molecule has 7 atom stereocenters. The van der Waals surface area contributed by atoms with Gasteiger partial charge in [0.15, 0.2) is 0 Å². The van der Waals surface area contributed by atoms with Gasteiger partial charge in [-0.2, -0.15) is 0 Å². The van der Waals surface area contributed by atoms with Gasteiger partial charge in [-0.3, -0.25) is 0 Å². The molecule has 0 unspecified atom stereocenters. The van der Waals surface area contributed by atoms with Crippen LogP contribution in [0, 0.1) is 0 Å². The average Bonchev–Trinajstić information content (AvgIpc) is 2.69. The second-order valence-corrected chi connectivity index (χ2v) is 8.61. The number of carbonyl (C=O) groups is 1. The van der Waals surface area contributed by atoms with Crippen LogP contribution in [0.5, 0.6) is 0 Å². The average molecular weight is 433 g/mol. The van der Waals surface area contributed by atoms with Gasteiger partial charge in [0.25, 0.3) is 0 Å². The molecule has 158 valence electrons. The maximum atomic E-state index is 12.2. The van der Waals surface area contributed by atoms with Crippen molar-refractivity contribution in [2.45, 2.75) is 53.8 Å². The zero-order chi connectivity index (χ0) is 20.7. The maximum Gasteiger partial charge on any atom is 0.315 e. The van der Waals surface area contributed by atoms with E-state index in [2.05, 4.69) is 10.6 Å². The molecule has 0 radical (unpaired) electrons. The van der Waals surface area contributed by atoms with Gasteiger partial charge in [-0.1, -0.05) is 18.2 Å². The molecule has 2 rings (SSSR count). The highest BCUT2D eigenvalue weighted by Crippen LogP contribution is 2.29. The number of rotatable bonds is 8. The van der Waals surface area contributed by atoms with E-state index in [0.29, 0.717) is 12.3 Å². The number of thioether (sulfide) groups is 2. The summed E-state index contributed by atoms with van der Waals surface area (Å²) in [5, 5.41) is 45.6. The number of hydrogen-bond acceptors (Lipinski definition) is 8. The lowest BCUT2D eigenvalue weighted by atomic mass is 9.92. The van der Waals surface area contributed by atoms with E-state index in [0.717, 1.165) is 4.90 Å². The fourth-order valence-corrected chi connectivity index (χ4v) is 4.36. The molecule has 8 nitrogen and oxygen atoms in total. The van der Waals surface area contributed by atoms with Crippen LogP contribution in [0.1, 0.15) is 6.92 Å². The van der Waals surface area contributed by atoms with E-state index in [1.54, 1.807) is 18.0 Å². The third-order valence-electron chi connectivity index (χ3n) is 4.41. The summed E-state index contributed by atoms with van der Waals surface area (Å²) in [6.07, 6.45) is -4.58. The van der Waals surface area contributed by atoms with Gasteiger partial charge in [-0.15, -0.1) is 23.5 Å². The van der Waals surface area contributed by atoms with Crippen molar-refractivity contribution in [1.29, 1.82) is 0 Å². The molecule has 1 aliphatic rings. The van der Waals surface area contributed by atoms with E-state index in [-0.39, 0.29) is 0 Å². The SMILES string of the molecule is CS[C@H]1O[C@H]([C@H](NC(=O)NCCSc2ccccc2)[C@@H](C)O)[C@H](O)[C@H](O)[C@H]1O. The molecule has 1 aromatic carbocycles. The molecule has 1 aromatic rings. The van der Waals surface area contributed by atoms with Gasteiger partial charge in [0.2, 0.25) is 0 Å². The second kappa shape index (κ2) is 11.2. The molecule has 0 spiro atoms. The third kappa shape index (κ3) is 6.24. The summed E-state index contributed by atoms with van der Waals surface area (Å²) in [6, 6.07) is 8.31. The monoisotopic (exact) mass is 432 g/mol. The zero-order valence-corrected chi connectivity index (χ0v) is 17.4. The van der Waals surface area contributed by atoms with Crippen LogP contribution in [0.3, 0.4) is 0 Å². The fourth-order valence-electron chi connectivity index (χ4n) is 2.90. The van der Waals surface area contributed by atoms with E-state index in [1.165, 1.54) is 18.7 Å². The van der Waals surface area contributed by atoms with Crippen molar-refractivity contribution >= 4 is 29.6 Å². The van der Waals surface area contributed by atoms with Crippen molar-refractivity contribution in [3.63, 3.8) is 0 Å². The van der Waals surface area contributed by atoms with E-state index in [9.17, 15) is 25.2 Å². The summed E-state index contributed by atoms with van der Waals surface area (Å²) in [5.74, 6) is 0.665. The van der Waals surface area contributed by atoms with Gasteiger partial charge < -0.3 is 35.8 Å². The minimum Gasteiger partial charge on any atom is -0.391 e. The van der Waals surface area contributed by atoms with E-state index in [4.69, 9.17) is 4.74 Å². The Hall–Kier alpha value is -1.01. The van der Waals surface area contributed by atoms with Crippen LogP contribution in [0.25, 0.3) is 0 Å². The molecular formula is C18H28N2O6S2. The number of amides is 2. The topological polar surface area (TPSA) is 131 Å². The molecule has 6 N–H and O–H groups in total. The highest BCUT2D eigenvalue weighted by atomic mass is 32.2. The molecule has 0 saturated carbocycles. The number of aliphatic hydroxyl groups is 4. The first-order chi connectivity index (χ1) is 13.3. The van der Waals surface area contributed by atoms with E-state index in [1.807, 2.05) is 30.3 Å². The number of hydrogen-bond donors (Lipinski definition) is 6. The van der Waals surface area contributed by atoms with Crippen LogP contribution in [0.15, 0.2) is 35.2 Å². The first kappa shape index (κ1) is 23.3. The predicted octanol–water partition coefficient (Wildman–Crippen LogP) is -0.00210. The van der Waals surface area contributed by atoms with Crippen molar-refractivity contribution in [1.82, 2.24) is 10.6 Å². The minimum atomic E-state index is -1.45. The molecule has 0 aliphatic carbocycles. The van der Waals surface area contributed by atoms with Crippen molar-refractivity contribution in [3.8, 4) is 0 Å². The summed E-state index contributed by atoms with van der Waals surface area (Å²) in [7, 11) is 0. The Labute approximate surface area is 173 Å². The molecule has 2 amide bonds. The minimum absolute atomic E-state index is 0.404. The quantitative estimate of drug-likeness (QED) is 0.250. The van der Waals surface area contributed by atoms with Gasteiger partial charge in [0, 0.05) is 17.2 Å². The normalized spacial score (nSPS) is 29.7. The van der Waals surface area contributed by atoms with Gasteiger partial charge >= 0.3 is 6.03 Å². The molecular weight excluding hydrogens is 404 g/mol. The van der Waals surface area contributed by atoms with Crippen molar-refractivity contribution < 1.29 is 30.0 Å². The Morgan fingerprint density at radius 1 is 1.18 bits per heavy atom. The number of urea groups is 1. The lowest BCUT2D eigenvalue weighted by Crippen LogP contribution is -2.65. The number of benzene rings is 1. The smallest absolute Gasteiger partial charge is 0.315 e. The van der Waals surface area contributed by atoms with Gasteiger partial charge in [0.1, 0.15) is 29.9 Å². The van der Waals surface area contributed by atoms with E-state index < -0.39 is 48.0 Å². The van der Waals surface area contributed by atoms with Crippen molar-refractivity contribution in [2.75, 3.05) is 18.6 Å². The first-order valence-electron chi connectivity index (χ1n) is 8.98. The number of carbonyl (C=O) groups excluding carboxylic acids is 1. The van der Waals surface area contributed by atoms with Crippen molar-refractivity contribution in [2.24, 2.45) is 0 Å². The number of aliphatic hydroxyl groups excluding tert-OH is 4. The summed E-state index contributed by atoms with van der Waals surface area (Å²) in [6.45, 7) is 1.86. The van der Waals surface area contributed by atoms with Crippen LogP contribution < -0.4 is 10.6 Å². The van der Waals surface area contributed by atoms with E-state index >= 15 is 0 Å². The molecule has 10 heteroatoms. The largest absolute Gasteiger partial charge is 0.391 e. The van der Waals surface area contributed by atoms with Crippen LogP contribution in [0.2, 0.25) is 0 Å². The Kier molecular flexibility index (Phi) is 9.35. The molecule has 0 bridgehead atoms. The Balaban J connectivity index is 1.88. The maximum absolute atomic E-state index is 12.2.